The van der Waals surface area contributed by atoms with E-state index >= 15 is 0 Å². The lowest BCUT2D eigenvalue weighted by molar-refractivity contribution is 0.0299. The number of anilines is 2. The van der Waals surface area contributed by atoms with Crippen molar-refractivity contribution in [1.82, 2.24) is 30.2 Å². The average molecular weight is 853 g/mol. The molecule has 2 saturated heterocycles. The second kappa shape index (κ2) is 19.4. The zero-order chi connectivity index (χ0) is 38.6. The molecule has 2 aromatic heterocycles. The fourth-order valence-electron chi connectivity index (χ4n) is 4.23. The Morgan fingerprint density at radius 2 is 1.09 bits per heavy atom. The number of nitrogens with one attached hydrogen (secondary N) is 3. The van der Waals surface area contributed by atoms with Crippen molar-refractivity contribution < 1.29 is 41.0 Å². The van der Waals surface area contributed by atoms with Gasteiger partial charge in [-0.3, -0.25) is 14.2 Å². The first-order valence-electron chi connectivity index (χ1n) is 15.2. The van der Waals surface area contributed by atoms with Crippen LogP contribution in [0.3, 0.4) is 0 Å². The molecular formula is C30H30Cl4N8O9S2. The van der Waals surface area contributed by atoms with E-state index in [-0.39, 0.29) is 41.4 Å². The van der Waals surface area contributed by atoms with E-state index in [9.17, 15) is 26.4 Å². The third-order valence-corrected chi connectivity index (χ3v) is 11.0. The highest BCUT2D eigenvalue weighted by Crippen LogP contribution is 2.27. The van der Waals surface area contributed by atoms with Crippen molar-refractivity contribution in [1.29, 1.82) is 0 Å². The number of carboxylic acids is 1. The standard InChI is InChI=1S/C15H14Cl2N4O4S.C11H7Cl2N3O4S.C4H9NO/c16-11-2-1-10(9-12(11)17)26(23,24)20-14-13(18-3-4-19-14)15(22)21-5-7-25-8-6-21;12-7-2-1-6(5-8(7)13)21(19,20)16-10-9(11(17)18)14-3-4-15-10;1-3-6-4-2-5-1/h1-4,9H,5-8H2,(H,19,20);1-5H,(H,15,16)(H,17,18);5H,1-4H2. The average Bonchev–Trinajstić information content (AvgIpc) is 3.15. The molecule has 0 aliphatic carbocycles. The molecule has 0 unspecified atom stereocenters. The molecule has 4 N–H and O–H groups in total. The number of halogens is 4. The maximum atomic E-state index is 12.6. The van der Waals surface area contributed by atoms with Gasteiger partial charge in [0.05, 0.1) is 56.3 Å². The summed E-state index contributed by atoms with van der Waals surface area (Å²) in [5.41, 5.74) is -0.598. The lowest BCUT2D eigenvalue weighted by Crippen LogP contribution is -2.41. The Balaban J connectivity index is 0.000000207. The molecule has 17 nitrogen and oxygen atoms in total. The summed E-state index contributed by atoms with van der Waals surface area (Å²) in [4.78, 5) is 40.0. The third-order valence-electron chi connectivity index (χ3n) is 6.81. The number of amides is 1. The van der Waals surface area contributed by atoms with Gasteiger partial charge in [-0.25, -0.2) is 41.6 Å². The predicted molar refractivity (Wildman–Crippen MR) is 196 cm³/mol. The second-order valence-corrected chi connectivity index (χ2v) is 15.4. The highest BCUT2D eigenvalue weighted by molar-refractivity contribution is 7.93. The SMILES string of the molecule is C1COCCN1.O=C(O)c1nccnc1NS(=O)(=O)c1ccc(Cl)c(Cl)c1.O=C(c1nccnc1NS(=O)(=O)c1ccc(Cl)c(Cl)c1)N1CCOCC1. The predicted octanol–water partition coefficient (Wildman–Crippen LogP) is 3.95. The summed E-state index contributed by atoms with van der Waals surface area (Å²) in [6, 6.07) is 7.57. The fraction of sp³-hybridized carbons (Fsp3) is 0.267. The van der Waals surface area contributed by atoms with Crippen LogP contribution < -0.4 is 14.8 Å². The van der Waals surface area contributed by atoms with Gasteiger partial charge in [0.2, 0.25) is 0 Å². The zero-order valence-corrected chi connectivity index (χ0v) is 31.9. The van der Waals surface area contributed by atoms with Crippen LogP contribution in [0.4, 0.5) is 11.6 Å². The summed E-state index contributed by atoms with van der Waals surface area (Å²) in [7, 11) is -8.10. The van der Waals surface area contributed by atoms with Crippen LogP contribution in [0.1, 0.15) is 21.0 Å². The van der Waals surface area contributed by atoms with E-state index in [0.717, 1.165) is 38.6 Å². The van der Waals surface area contributed by atoms with Crippen LogP contribution in [0.2, 0.25) is 20.1 Å². The van der Waals surface area contributed by atoms with Gasteiger partial charge in [-0.2, -0.15) is 0 Å². The van der Waals surface area contributed by atoms with Crippen molar-refractivity contribution >= 4 is 90.0 Å². The molecule has 0 atom stereocenters. The van der Waals surface area contributed by atoms with Gasteiger partial charge in [0.1, 0.15) is 0 Å². The summed E-state index contributed by atoms with van der Waals surface area (Å²) in [6.07, 6.45) is 4.92. The minimum absolute atomic E-state index is 0.0529. The number of benzene rings is 2. The molecule has 0 bridgehead atoms. The largest absolute Gasteiger partial charge is 0.476 e. The second-order valence-electron chi connectivity index (χ2n) is 10.4. The number of ether oxygens (including phenoxy) is 2. The van der Waals surface area contributed by atoms with Gasteiger partial charge in [0, 0.05) is 51.0 Å². The molecular weight excluding hydrogens is 822 g/mol. The molecule has 23 heteroatoms. The quantitative estimate of drug-likeness (QED) is 0.197. The van der Waals surface area contributed by atoms with Crippen LogP contribution >= 0.6 is 46.4 Å². The highest BCUT2D eigenvalue weighted by Gasteiger charge is 2.26. The molecule has 1 amide bonds. The maximum absolute atomic E-state index is 12.6. The molecule has 0 spiro atoms. The summed E-state index contributed by atoms with van der Waals surface area (Å²) in [6.45, 7) is 5.45. The molecule has 6 rings (SSSR count). The zero-order valence-electron chi connectivity index (χ0n) is 27.2. The van der Waals surface area contributed by atoms with Gasteiger partial charge in [-0.15, -0.1) is 0 Å². The van der Waals surface area contributed by atoms with Gasteiger partial charge < -0.3 is 24.8 Å². The Morgan fingerprint density at radius 3 is 1.51 bits per heavy atom. The number of sulfonamides is 2. The minimum Gasteiger partial charge on any atom is -0.476 e. The van der Waals surface area contributed by atoms with Crippen LogP contribution in [0, 0.1) is 0 Å². The van der Waals surface area contributed by atoms with E-state index in [1.807, 2.05) is 4.72 Å². The number of carboxylic acid groups (broad SMARTS) is 1. The molecule has 2 aliphatic heterocycles. The van der Waals surface area contributed by atoms with Crippen molar-refractivity contribution in [2.75, 3.05) is 62.1 Å². The van der Waals surface area contributed by atoms with Crippen molar-refractivity contribution in [3.8, 4) is 0 Å². The molecule has 0 radical (unpaired) electrons. The van der Waals surface area contributed by atoms with Crippen LogP contribution in [0.15, 0.2) is 71.0 Å². The molecule has 53 heavy (non-hydrogen) atoms. The molecule has 2 fully saturated rings. The topological polar surface area (TPSA) is 232 Å². The smallest absolute Gasteiger partial charge is 0.358 e. The Hall–Kier alpha value is -3.92. The van der Waals surface area contributed by atoms with Crippen LogP contribution in [-0.4, -0.2) is 111 Å². The monoisotopic (exact) mass is 850 g/mol. The van der Waals surface area contributed by atoms with Crippen molar-refractivity contribution in [2.45, 2.75) is 9.79 Å². The molecule has 4 heterocycles. The van der Waals surface area contributed by atoms with Gasteiger partial charge in [0.15, 0.2) is 23.0 Å². The highest BCUT2D eigenvalue weighted by atomic mass is 35.5. The van der Waals surface area contributed by atoms with Gasteiger partial charge in [-0.1, -0.05) is 46.4 Å². The number of rotatable bonds is 8. The van der Waals surface area contributed by atoms with Crippen molar-refractivity contribution in [2.24, 2.45) is 0 Å². The molecule has 284 valence electrons. The lowest BCUT2D eigenvalue weighted by atomic mass is 10.3. The summed E-state index contributed by atoms with van der Waals surface area (Å²) in [5.74, 6) is -2.38. The van der Waals surface area contributed by atoms with Crippen LogP contribution in [0.25, 0.3) is 0 Å². The summed E-state index contributed by atoms with van der Waals surface area (Å²) < 4.78 is 64.1. The Morgan fingerprint density at radius 1 is 0.660 bits per heavy atom. The van der Waals surface area contributed by atoms with Gasteiger partial charge in [-0.05, 0) is 36.4 Å². The summed E-state index contributed by atoms with van der Waals surface area (Å²) >= 11 is 23.2. The Labute approximate surface area is 324 Å². The number of hydrogen-bond donors (Lipinski definition) is 4. The van der Waals surface area contributed by atoms with Gasteiger partial charge >= 0.3 is 5.97 Å². The number of aromatic carboxylic acids is 1. The van der Waals surface area contributed by atoms with Crippen LogP contribution in [-0.2, 0) is 29.5 Å². The van der Waals surface area contributed by atoms with E-state index < -0.39 is 43.4 Å². The van der Waals surface area contributed by atoms with Crippen molar-refractivity contribution in [3.05, 3.63) is 92.7 Å². The summed E-state index contributed by atoms with van der Waals surface area (Å²) in [5, 5.41) is 12.7. The molecule has 0 saturated carbocycles. The lowest BCUT2D eigenvalue weighted by Gasteiger charge is -2.26. The van der Waals surface area contributed by atoms with E-state index in [2.05, 4.69) is 30.0 Å². The van der Waals surface area contributed by atoms with Gasteiger partial charge in [0.25, 0.3) is 26.0 Å². The fourth-order valence-corrected chi connectivity index (χ4v) is 7.04. The first-order chi connectivity index (χ1) is 25.2. The third kappa shape index (κ3) is 12.0. The Bertz CT molecular complexity index is 2130. The first-order valence-corrected chi connectivity index (χ1v) is 19.6. The van der Waals surface area contributed by atoms with E-state index in [1.165, 1.54) is 53.8 Å². The number of hydrogen-bond acceptors (Lipinski definition) is 13. The number of morpholine rings is 2. The Kier molecular flexibility index (Phi) is 15.3. The van der Waals surface area contributed by atoms with E-state index in [4.69, 9.17) is 61.0 Å². The first kappa shape index (κ1) is 41.8. The van der Waals surface area contributed by atoms with E-state index in [1.54, 1.807) is 0 Å². The number of carbonyl (C=O) groups is 2. The number of aromatic nitrogens is 4. The normalized spacial score (nSPS) is 14.5. The number of nitrogens with zero attached hydrogens (tertiary/aromatic N) is 5. The van der Waals surface area contributed by atoms with Crippen LogP contribution in [0.5, 0.6) is 0 Å². The minimum atomic E-state index is -4.07. The van der Waals surface area contributed by atoms with E-state index in [0.29, 0.717) is 26.3 Å². The molecule has 4 aromatic rings. The maximum Gasteiger partial charge on any atom is 0.358 e. The number of carbonyl (C=O) groups excluding carboxylic acids is 1. The molecule has 2 aromatic carbocycles. The molecule has 2 aliphatic rings. The van der Waals surface area contributed by atoms with Crippen molar-refractivity contribution in [3.63, 3.8) is 0 Å².